The predicted molar refractivity (Wildman–Crippen MR) is 165 cm³/mol. The van der Waals surface area contributed by atoms with E-state index >= 15 is 0 Å². The summed E-state index contributed by atoms with van der Waals surface area (Å²) < 4.78 is 0. The fraction of sp³-hybridized carbons (Fsp3) is 0.324. The molecule has 0 radical (unpaired) electrons. The number of benzene rings is 2. The van der Waals surface area contributed by atoms with Gasteiger partial charge in [-0.05, 0) is 75.4 Å². The third-order valence-electron chi connectivity index (χ3n) is 9.01. The van der Waals surface area contributed by atoms with Crippen molar-refractivity contribution >= 4 is 17.5 Å². The first-order valence-corrected chi connectivity index (χ1v) is 14.8. The van der Waals surface area contributed by atoms with Crippen LogP contribution in [0.25, 0.3) is 5.70 Å². The summed E-state index contributed by atoms with van der Waals surface area (Å²) in [7, 11) is 0. The van der Waals surface area contributed by atoms with E-state index in [0.29, 0.717) is 12.4 Å². The van der Waals surface area contributed by atoms with E-state index in [1.165, 1.54) is 0 Å². The summed E-state index contributed by atoms with van der Waals surface area (Å²) in [5, 5.41) is 19.9. The molecule has 2 atom stereocenters. The lowest BCUT2D eigenvalue weighted by Gasteiger charge is -2.54. The highest BCUT2D eigenvalue weighted by Crippen LogP contribution is 2.52. The van der Waals surface area contributed by atoms with Crippen LogP contribution in [-0.4, -0.2) is 48.7 Å². The second-order valence-electron chi connectivity index (χ2n) is 12.5. The maximum Gasteiger partial charge on any atom is 0.408 e. The van der Waals surface area contributed by atoms with Crippen LogP contribution in [0.1, 0.15) is 63.2 Å². The summed E-state index contributed by atoms with van der Waals surface area (Å²) >= 11 is 0. The first-order chi connectivity index (χ1) is 20.7. The molecular weight excluding hydrogens is 538 g/mol. The lowest BCUT2D eigenvalue weighted by molar-refractivity contribution is -0.0328. The Hall–Kier alpha value is -4.63. The molecule has 4 heterocycles. The molecular formula is C34H35N7O2. The molecule has 0 saturated heterocycles. The minimum atomic E-state index is -0.883. The van der Waals surface area contributed by atoms with Gasteiger partial charge in [-0.1, -0.05) is 54.6 Å². The number of rotatable bonds is 5. The second kappa shape index (κ2) is 9.98. The van der Waals surface area contributed by atoms with Crippen LogP contribution in [0, 0.1) is 0 Å². The molecule has 3 aliphatic heterocycles. The van der Waals surface area contributed by atoms with Gasteiger partial charge in [0, 0.05) is 41.9 Å². The van der Waals surface area contributed by atoms with Crippen molar-refractivity contribution in [3.05, 3.63) is 120 Å². The standard InChI is InChI=1S/C34H35N7O2/c1-32(2,3)41(31(42)43)33(17-8-18-33)25-15-13-24(14-16-25)28-27-12-7-22-40-30(29-35-20-9-21-36-29)37-38-34(27,40)19-23-39(28)26-10-5-4-6-11-26/h4-7,9-16,19-21,23,30H,8,17-18,22H2,1-3H3,(H,42,43). The molecule has 7 rings (SSSR count). The number of anilines is 1. The fourth-order valence-corrected chi connectivity index (χ4v) is 7.09. The molecule has 3 aromatic rings. The van der Waals surface area contributed by atoms with Gasteiger partial charge in [0.2, 0.25) is 0 Å². The Kier molecular flexibility index (Phi) is 6.32. The van der Waals surface area contributed by atoms with Crippen molar-refractivity contribution in [2.24, 2.45) is 10.2 Å². The number of para-hydroxylation sites is 1. The lowest BCUT2D eigenvalue weighted by Crippen LogP contribution is -2.60. The number of amides is 1. The zero-order valence-electron chi connectivity index (χ0n) is 24.6. The highest BCUT2D eigenvalue weighted by molar-refractivity contribution is 5.88. The quantitative estimate of drug-likeness (QED) is 0.349. The third kappa shape index (κ3) is 4.21. The number of hydrogen-bond donors (Lipinski definition) is 1. The van der Waals surface area contributed by atoms with Crippen LogP contribution < -0.4 is 4.90 Å². The molecule has 4 aliphatic rings. The van der Waals surface area contributed by atoms with E-state index in [0.717, 1.165) is 47.3 Å². The van der Waals surface area contributed by atoms with Crippen LogP contribution in [-0.2, 0) is 5.54 Å². The Bertz CT molecular complexity index is 1650. The first-order valence-electron chi connectivity index (χ1n) is 14.8. The zero-order valence-corrected chi connectivity index (χ0v) is 24.6. The largest absolute Gasteiger partial charge is 0.465 e. The van der Waals surface area contributed by atoms with Crippen LogP contribution in [0.5, 0.6) is 0 Å². The van der Waals surface area contributed by atoms with Crippen LogP contribution in [0.2, 0.25) is 0 Å². The summed E-state index contributed by atoms with van der Waals surface area (Å²) in [5.74, 6) is 0.621. The molecule has 2 aromatic carbocycles. The Balaban J connectivity index is 1.35. The molecule has 218 valence electrons. The first kappa shape index (κ1) is 27.2. The summed E-state index contributed by atoms with van der Waals surface area (Å²) in [6.45, 7) is 6.57. The van der Waals surface area contributed by atoms with Crippen LogP contribution in [0.3, 0.4) is 0 Å². The molecule has 0 bridgehead atoms. The van der Waals surface area contributed by atoms with E-state index in [-0.39, 0.29) is 0 Å². The van der Waals surface area contributed by atoms with Gasteiger partial charge >= 0.3 is 6.09 Å². The van der Waals surface area contributed by atoms with Crippen molar-refractivity contribution in [2.45, 2.75) is 62.9 Å². The lowest BCUT2D eigenvalue weighted by atomic mass is 9.69. The molecule has 1 aliphatic carbocycles. The van der Waals surface area contributed by atoms with Crippen LogP contribution in [0.4, 0.5) is 10.5 Å². The van der Waals surface area contributed by atoms with E-state index in [9.17, 15) is 9.90 Å². The van der Waals surface area contributed by atoms with E-state index in [1.54, 1.807) is 23.4 Å². The van der Waals surface area contributed by atoms with Crippen LogP contribution >= 0.6 is 0 Å². The van der Waals surface area contributed by atoms with Crippen molar-refractivity contribution in [1.29, 1.82) is 0 Å². The minimum Gasteiger partial charge on any atom is -0.465 e. The molecule has 1 saturated carbocycles. The number of carbonyl (C=O) groups is 1. The van der Waals surface area contributed by atoms with Gasteiger partial charge in [0.25, 0.3) is 0 Å². The normalized spacial score (nSPS) is 24.0. The topological polar surface area (TPSA) is 97.5 Å². The van der Waals surface area contributed by atoms with Gasteiger partial charge in [-0.15, -0.1) is 0 Å². The molecule has 9 nitrogen and oxygen atoms in total. The van der Waals surface area contributed by atoms with Gasteiger partial charge in [0.15, 0.2) is 17.7 Å². The SMILES string of the molecule is CC(C)(C)N(C(=O)O)C1(c2ccc(C3=C4C=CCN5C(c6ncccn6)N=NC45C=CN3c3ccccc3)cc2)CCC1. The van der Waals surface area contributed by atoms with Gasteiger partial charge in [0.05, 0.1) is 11.2 Å². The molecule has 2 unspecified atom stereocenters. The average molecular weight is 574 g/mol. The fourth-order valence-electron chi connectivity index (χ4n) is 7.09. The highest BCUT2D eigenvalue weighted by atomic mass is 16.4. The number of azo groups is 1. The summed E-state index contributed by atoms with van der Waals surface area (Å²) in [6.07, 6.45) is 13.3. The Labute approximate surface area is 251 Å². The van der Waals surface area contributed by atoms with Crippen molar-refractivity contribution in [1.82, 2.24) is 19.8 Å². The molecule has 1 aromatic heterocycles. The van der Waals surface area contributed by atoms with E-state index in [2.05, 4.69) is 80.6 Å². The van der Waals surface area contributed by atoms with Gasteiger partial charge < -0.3 is 10.0 Å². The van der Waals surface area contributed by atoms with Gasteiger partial charge in [-0.2, -0.15) is 10.2 Å². The zero-order chi connectivity index (χ0) is 29.8. The van der Waals surface area contributed by atoms with Crippen molar-refractivity contribution in [2.75, 3.05) is 11.4 Å². The van der Waals surface area contributed by atoms with Gasteiger partial charge in [-0.3, -0.25) is 4.90 Å². The van der Waals surface area contributed by atoms with Gasteiger partial charge in [-0.25, -0.2) is 19.7 Å². The molecule has 1 spiro atoms. The minimum absolute atomic E-state index is 0.393. The van der Waals surface area contributed by atoms with Crippen molar-refractivity contribution < 1.29 is 9.90 Å². The smallest absolute Gasteiger partial charge is 0.408 e. The third-order valence-corrected chi connectivity index (χ3v) is 9.01. The molecule has 1 N–H and O–H groups in total. The van der Waals surface area contributed by atoms with Crippen molar-refractivity contribution in [3.63, 3.8) is 0 Å². The summed E-state index contributed by atoms with van der Waals surface area (Å²) in [6, 6.07) is 20.5. The summed E-state index contributed by atoms with van der Waals surface area (Å²) in [4.78, 5) is 27.6. The maximum absolute atomic E-state index is 12.5. The Morgan fingerprint density at radius 2 is 1.72 bits per heavy atom. The average Bonchev–Trinajstić information content (AvgIpc) is 3.37. The maximum atomic E-state index is 12.5. The van der Waals surface area contributed by atoms with E-state index in [1.807, 2.05) is 39.0 Å². The molecule has 9 heteroatoms. The summed E-state index contributed by atoms with van der Waals surface area (Å²) in [5.41, 5.74) is 3.24. The molecule has 43 heavy (non-hydrogen) atoms. The van der Waals surface area contributed by atoms with Gasteiger partial charge in [0.1, 0.15) is 0 Å². The number of hydrogen-bond acceptors (Lipinski definition) is 7. The number of carboxylic acid groups (broad SMARTS) is 1. The number of nitrogens with zero attached hydrogens (tertiary/aromatic N) is 7. The Morgan fingerprint density at radius 3 is 2.35 bits per heavy atom. The monoisotopic (exact) mass is 573 g/mol. The highest BCUT2D eigenvalue weighted by Gasteiger charge is 2.53. The predicted octanol–water partition coefficient (Wildman–Crippen LogP) is 7.11. The number of aromatic nitrogens is 2. The van der Waals surface area contributed by atoms with E-state index < -0.39 is 29.0 Å². The van der Waals surface area contributed by atoms with Crippen LogP contribution in [0.15, 0.2) is 113 Å². The van der Waals surface area contributed by atoms with Crippen molar-refractivity contribution in [3.8, 4) is 0 Å². The molecule has 1 amide bonds. The Morgan fingerprint density at radius 1 is 1.00 bits per heavy atom. The second-order valence-corrected chi connectivity index (χ2v) is 12.5. The molecule has 1 fully saturated rings. The van der Waals surface area contributed by atoms with E-state index in [4.69, 9.17) is 10.2 Å².